The number of benzene rings is 2. The van der Waals surface area contributed by atoms with Crippen molar-refractivity contribution < 1.29 is 28.8 Å². The number of hydrogen-bond donors (Lipinski definition) is 2. The van der Waals surface area contributed by atoms with Crippen LogP contribution < -0.4 is 15.6 Å². The van der Waals surface area contributed by atoms with E-state index in [4.69, 9.17) is 9.47 Å². The number of nitro benzene ring substituents is 1. The van der Waals surface area contributed by atoms with E-state index in [2.05, 4.69) is 10.9 Å². The van der Waals surface area contributed by atoms with Crippen molar-refractivity contribution in [1.82, 2.24) is 10.9 Å². The molecule has 2 aromatic rings. The average Bonchev–Trinajstić information content (AvgIpc) is 3.22. The van der Waals surface area contributed by atoms with Crippen LogP contribution in [-0.4, -0.2) is 35.9 Å². The SMILES string of the molecule is O=C(COC(=O)COc1ccc2c(c1)CCC2)NNC(=O)c1cccc([N+](=O)[O-])c1. The molecule has 0 fully saturated rings. The highest BCUT2D eigenvalue weighted by atomic mass is 16.6. The summed E-state index contributed by atoms with van der Waals surface area (Å²) >= 11 is 0. The van der Waals surface area contributed by atoms with E-state index in [1.54, 1.807) is 6.07 Å². The molecule has 1 aliphatic rings. The summed E-state index contributed by atoms with van der Waals surface area (Å²) in [5.74, 6) is -1.71. The molecule has 1 aliphatic carbocycles. The number of hydrogen-bond acceptors (Lipinski definition) is 7. The second-order valence-corrected chi connectivity index (χ2v) is 6.54. The van der Waals surface area contributed by atoms with Crippen LogP contribution in [-0.2, 0) is 27.2 Å². The monoisotopic (exact) mass is 413 g/mol. The summed E-state index contributed by atoms with van der Waals surface area (Å²) in [6.07, 6.45) is 3.14. The minimum absolute atomic E-state index is 0.00996. The van der Waals surface area contributed by atoms with Crippen molar-refractivity contribution >= 4 is 23.5 Å². The first-order valence-electron chi connectivity index (χ1n) is 9.16. The molecule has 156 valence electrons. The second-order valence-electron chi connectivity index (χ2n) is 6.54. The number of aryl methyl sites for hydroxylation is 2. The molecule has 2 aromatic carbocycles. The summed E-state index contributed by atoms with van der Waals surface area (Å²) in [6, 6.07) is 10.7. The van der Waals surface area contributed by atoms with Gasteiger partial charge in [-0.3, -0.25) is 30.6 Å². The quantitative estimate of drug-likeness (QED) is 0.398. The first-order valence-corrected chi connectivity index (χ1v) is 9.16. The molecular formula is C20H19N3O7. The van der Waals surface area contributed by atoms with Crippen LogP contribution in [0.15, 0.2) is 42.5 Å². The van der Waals surface area contributed by atoms with E-state index in [1.165, 1.54) is 29.3 Å². The highest BCUT2D eigenvalue weighted by Crippen LogP contribution is 2.25. The topological polar surface area (TPSA) is 137 Å². The fourth-order valence-electron chi connectivity index (χ4n) is 2.96. The van der Waals surface area contributed by atoms with Gasteiger partial charge in [0, 0.05) is 17.7 Å². The standard InChI is InChI=1S/C20H19N3O7/c24-18(21-22-20(26)15-5-2-6-16(9-15)23(27)28)11-30-19(25)12-29-17-8-7-13-3-1-4-14(13)10-17/h2,5-10H,1,3-4,11-12H2,(H,21,24)(H,22,26). The summed E-state index contributed by atoms with van der Waals surface area (Å²) in [5, 5.41) is 10.7. The minimum Gasteiger partial charge on any atom is -0.482 e. The van der Waals surface area contributed by atoms with E-state index in [9.17, 15) is 24.5 Å². The molecule has 10 heteroatoms. The fourth-order valence-corrected chi connectivity index (χ4v) is 2.96. The van der Waals surface area contributed by atoms with Crippen molar-refractivity contribution in [1.29, 1.82) is 0 Å². The molecular weight excluding hydrogens is 394 g/mol. The Hall–Kier alpha value is -3.95. The third kappa shape index (κ3) is 5.53. The number of nitrogens with zero attached hydrogens (tertiary/aromatic N) is 1. The number of esters is 1. The zero-order valence-electron chi connectivity index (χ0n) is 15.9. The normalized spacial score (nSPS) is 11.9. The molecule has 0 atom stereocenters. The Labute approximate surface area is 171 Å². The maximum absolute atomic E-state index is 11.9. The van der Waals surface area contributed by atoms with E-state index in [0.29, 0.717) is 5.75 Å². The van der Waals surface area contributed by atoms with Crippen molar-refractivity contribution in [2.75, 3.05) is 13.2 Å². The lowest BCUT2D eigenvalue weighted by molar-refractivity contribution is -0.384. The van der Waals surface area contributed by atoms with E-state index in [0.717, 1.165) is 25.3 Å². The third-order valence-electron chi connectivity index (χ3n) is 4.43. The Bertz CT molecular complexity index is 990. The summed E-state index contributed by atoms with van der Waals surface area (Å²) in [5.41, 5.74) is 6.37. The van der Waals surface area contributed by atoms with Crippen LogP contribution in [0.4, 0.5) is 5.69 Å². The molecule has 2 N–H and O–H groups in total. The molecule has 0 aliphatic heterocycles. The molecule has 0 heterocycles. The van der Waals surface area contributed by atoms with E-state index in [-0.39, 0.29) is 17.9 Å². The maximum atomic E-state index is 11.9. The Morgan fingerprint density at radius 3 is 2.60 bits per heavy atom. The van der Waals surface area contributed by atoms with Crippen molar-refractivity contribution in [3.8, 4) is 5.75 Å². The number of rotatable bonds is 7. The highest BCUT2D eigenvalue weighted by Gasteiger charge is 2.14. The Kier molecular flexibility index (Phi) is 6.58. The zero-order chi connectivity index (χ0) is 21.5. The number of hydrazine groups is 1. The van der Waals surface area contributed by atoms with Gasteiger partial charge in [-0.05, 0) is 48.6 Å². The van der Waals surface area contributed by atoms with Gasteiger partial charge in [0.15, 0.2) is 13.2 Å². The predicted octanol–water partition coefficient (Wildman–Crippen LogP) is 1.47. The number of carbonyl (C=O) groups is 3. The second kappa shape index (κ2) is 9.50. The van der Waals surface area contributed by atoms with Crippen LogP contribution >= 0.6 is 0 Å². The summed E-state index contributed by atoms with van der Waals surface area (Å²) in [7, 11) is 0. The molecule has 0 aromatic heterocycles. The molecule has 0 unspecified atom stereocenters. The van der Waals surface area contributed by atoms with Crippen molar-refractivity contribution in [3.63, 3.8) is 0 Å². The molecule has 10 nitrogen and oxygen atoms in total. The lowest BCUT2D eigenvalue weighted by Gasteiger charge is -2.09. The van der Waals surface area contributed by atoms with Gasteiger partial charge in [0.2, 0.25) is 0 Å². The lowest BCUT2D eigenvalue weighted by Crippen LogP contribution is -2.43. The fraction of sp³-hybridized carbons (Fsp3) is 0.250. The molecule has 0 saturated heterocycles. The largest absolute Gasteiger partial charge is 0.482 e. The average molecular weight is 413 g/mol. The number of fused-ring (bicyclic) bond motifs is 1. The molecule has 3 rings (SSSR count). The predicted molar refractivity (Wildman–Crippen MR) is 104 cm³/mol. The third-order valence-corrected chi connectivity index (χ3v) is 4.43. The first kappa shape index (κ1) is 20.8. The number of nitro groups is 1. The van der Waals surface area contributed by atoms with Gasteiger partial charge >= 0.3 is 5.97 Å². The number of amides is 2. The number of carbonyl (C=O) groups excluding carboxylic acids is 3. The van der Waals surface area contributed by atoms with Crippen molar-refractivity contribution in [2.45, 2.75) is 19.3 Å². The van der Waals surface area contributed by atoms with Gasteiger partial charge in [-0.1, -0.05) is 12.1 Å². The van der Waals surface area contributed by atoms with Crippen molar-refractivity contribution in [2.24, 2.45) is 0 Å². The van der Waals surface area contributed by atoms with E-state index in [1.807, 2.05) is 12.1 Å². The summed E-state index contributed by atoms with van der Waals surface area (Å²) in [6.45, 7) is -0.978. The van der Waals surface area contributed by atoms with Gasteiger partial charge in [0.1, 0.15) is 5.75 Å². The van der Waals surface area contributed by atoms with Gasteiger partial charge in [0.25, 0.3) is 17.5 Å². The highest BCUT2D eigenvalue weighted by molar-refractivity contribution is 5.96. The van der Waals surface area contributed by atoms with Crippen molar-refractivity contribution in [3.05, 3.63) is 69.3 Å². The number of nitrogens with one attached hydrogen (secondary N) is 2. The molecule has 0 spiro atoms. The number of non-ortho nitro benzene ring substituents is 1. The Balaban J connectivity index is 1.38. The van der Waals surface area contributed by atoms with Gasteiger partial charge in [-0.25, -0.2) is 4.79 Å². The van der Waals surface area contributed by atoms with Crippen LogP contribution in [0.5, 0.6) is 5.75 Å². The van der Waals surface area contributed by atoms with Gasteiger partial charge in [-0.2, -0.15) is 0 Å². The first-order chi connectivity index (χ1) is 14.4. The lowest BCUT2D eigenvalue weighted by atomic mass is 10.1. The van der Waals surface area contributed by atoms with Crippen LogP contribution in [0.2, 0.25) is 0 Å². The number of ether oxygens (including phenoxy) is 2. The van der Waals surface area contributed by atoms with Gasteiger partial charge < -0.3 is 9.47 Å². The smallest absolute Gasteiger partial charge is 0.344 e. The van der Waals surface area contributed by atoms with Crippen LogP contribution in [0.3, 0.4) is 0 Å². The zero-order valence-corrected chi connectivity index (χ0v) is 15.9. The van der Waals surface area contributed by atoms with Crippen LogP contribution in [0.25, 0.3) is 0 Å². The van der Waals surface area contributed by atoms with E-state index >= 15 is 0 Å². The van der Waals surface area contributed by atoms with Crippen LogP contribution in [0.1, 0.15) is 27.9 Å². The Morgan fingerprint density at radius 1 is 1.00 bits per heavy atom. The molecule has 0 bridgehead atoms. The van der Waals surface area contributed by atoms with Gasteiger partial charge in [0.05, 0.1) is 4.92 Å². The minimum atomic E-state index is -0.778. The summed E-state index contributed by atoms with van der Waals surface area (Å²) < 4.78 is 10.2. The van der Waals surface area contributed by atoms with E-state index < -0.39 is 29.3 Å². The molecule has 0 saturated carbocycles. The van der Waals surface area contributed by atoms with Gasteiger partial charge in [-0.15, -0.1) is 0 Å². The molecule has 30 heavy (non-hydrogen) atoms. The molecule has 2 amide bonds. The van der Waals surface area contributed by atoms with Crippen LogP contribution in [0, 0.1) is 10.1 Å². The maximum Gasteiger partial charge on any atom is 0.344 e. The molecule has 0 radical (unpaired) electrons. The Morgan fingerprint density at radius 2 is 1.80 bits per heavy atom. The summed E-state index contributed by atoms with van der Waals surface area (Å²) in [4.78, 5) is 45.5.